The molecule has 2 heterocycles. The Hall–Kier alpha value is -2.05. The second kappa shape index (κ2) is 7.90. The molecule has 140 valence electrons. The Kier molecular flexibility index (Phi) is 5.36. The van der Waals surface area contributed by atoms with Gasteiger partial charge in [0.1, 0.15) is 16.9 Å². The van der Waals surface area contributed by atoms with Crippen molar-refractivity contribution in [1.82, 2.24) is 10.3 Å². The van der Waals surface area contributed by atoms with Gasteiger partial charge < -0.3 is 10.1 Å². The second-order valence-electron chi connectivity index (χ2n) is 6.78. The van der Waals surface area contributed by atoms with Crippen LogP contribution in [0.5, 0.6) is 5.75 Å². The van der Waals surface area contributed by atoms with Gasteiger partial charge in [0.25, 0.3) is 0 Å². The standard InChI is InChI=1S/C21H22N2O2S2/c1-13-9-14-11-15(12-22-19(24)7-8-26-2)25-20(14)16(10-13)21-23-17-5-3-4-6-18(17)27-21/h3-6,9-10,15H,7-8,11-12H2,1-2H3,(H,22,24)/t15-/m1/s1. The number of rotatable bonds is 6. The van der Waals surface area contributed by atoms with Crippen molar-refractivity contribution in [1.29, 1.82) is 0 Å². The molecule has 1 aliphatic heterocycles. The van der Waals surface area contributed by atoms with Crippen molar-refractivity contribution < 1.29 is 9.53 Å². The fourth-order valence-electron chi connectivity index (χ4n) is 3.36. The molecule has 2 aromatic carbocycles. The highest BCUT2D eigenvalue weighted by molar-refractivity contribution is 7.98. The summed E-state index contributed by atoms with van der Waals surface area (Å²) in [4.78, 5) is 16.7. The third-order valence-corrected chi connectivity index (χ3v) is 6.31. The van der Waals surface area contributed by atoms with Gasteiger partial charge in [0.2, 0.25) is 5.91 Å². The molecule has 1 aliphatic rings. The monoisotopic (exact) mass is 398 g/mol. The van der Waals surface area contributed by atoms with Crippen LogP contribution in [0.15, 0.2) is 36.4 Å². The van der Waals surface area contributed by atoms with Crippen LogP contribution in [0.1, 0.15) is 17.5 Å². The lowest BCUT2D eigenvalue weighted by molar-refractivity contribution is -0.121. The summed E-state index contributed by atoms with van der Waals surface area (Å²) >= 11 is 3.37. The van der Waals surface area contributed by atoms with E-state index in [4.69, 9.17) is 9.72 Å². The average Bonchev–Trinajstić information content (AvgIpc) is 3.27. The number of thioether (sulfide) groups is 1. The second-order valence-corrected chi connectivity index (χ2v) is 8.79. The number of ether oxygens (including phenoxy) is 1. The maximum Gasteiger partial charge on any atom is 0.220 e. The van der Waals surface area contributed by atoms with E-state index in [9.17, 15) is 4.79 Å². The third kappa shape index (κ3) is 3.96. The molecule has 1 aromatic heterocycles. The fourth-order valence-corrected chi connectivity index (χ4v) is 4.73. The van der Waals surface area contributed by atoms with E-state index >= 15 is 0 Å². The number of nitrogens with zero attached hydrogens (tertiary/aromatic N) is 1. The highest BCUT2D eigenvalue weighted by Gasteiger charge is 2.27. The van der Waals surface area contributed by atoms with Gasteiger partial charge in [-0.3, -0.25) is 4.79 Å². The molecule has 1 atom stereocenters. The van der Waals surface area contributed by atoms with Gasteiger partial charge in [-0.1, -0.05) is 18.2 Å². The molecule has 6 heteroatoms. The zero-order chi connectivity index (χ0) is 18.8. The summed E-state index contributed by atoms with van der Waals surface area (Å²) in [5.74, 6) is 1.85. The molecule has 0 fully saturated rings. The third-order valence-electron chi connectivity index (χ3n) is 4.63. The smallest absolute Gasteiger partial charge is 0.220 e. The van der Waals surface area contributed by atoms with Crippen molar-refractivity contribution in [2.24, 2.45) is 0 Å². The van der Waals surface area contributed by atoms with Crippen molar-refractivity contribution in [3.8, 4) is 16.3 Å². The van der Waals surface area contributed by atoms with Crippen LogP contribution < -0.4 is 10.1 Å². The summed E-state index contributed by atoms with van der Waals surface area (Å²) < 4.78 is 7.42. The van der Waals surface area contributed by atoms with Crippen LogP contribution in [0, 0.1) is 6.92 Å². The van der Waals surface area contributed by atoms with Crippen LogP contribution in [0.3, 0.4) is 0 Å². The Morgan fingerprint density at radius 2 is 2.22 bits per heavy atom. The number of para-hydroxylation sites is 1. The van der Waals surface area contributed by atoms with Gasteiger partial charge in [0.05, 0.1) is 22.3 Å². The van der Waals surface area contributed by atoms with Crippen LogP contribution in [0.4, 0.5) is 0 Å². The van der Waals surface area contributed by atoms with Crippen LogP contribution in [0.25, 0.3) is 20.8 Å². The Bertz CT molecular complexity index is 950. The molecule has 1 amide bonds. The van der Waals surface area contributed by atoms with E-state index in [1.54, 1.807) is 23.1 Å². The van der Waals surface area contributed by atoms with Crippen LogP contribution in [0.2, 0.25) is 0 Å². The van der Waals surface area contributed by atoms with Gasteiger partial charge in [0, 0.05) is 18.6 Å². The van der Waals surface area contributed by atoms with Crippen molar-refractivity contribution in [2.45, 2.75) is 25.9 Å². The number of aryl methyl sites for hydroxylation is 1. The lowest BCUT2D eigenvalue weighted by atomic mass is 10.0. The lowest BCUT2D eigenvalue weighted by Gasteiger charge is -2.13. The highest BCUT2D eigenvalue weighted by atomic mass is 32.2. The Balaban J connectivity index is 1.55. The minimum absolute atomic E-state index is 0.0202. The summed E-state index contributed by atoms with van der Waals surface area (Å²) in [6, 6.07) is 12.5. The minimum atomic E-state index is -0.0202. The maximum absolute atomic E-state index is 11.9. The molecule has 0 unspecified atom stereocenters. The summed E-state index contributed by atoms with van der Waals surface area (Å²) in [6.07, 6.45) is 3.36. The first-order valence-corrected chi connectivity index (χ1v) is 11.3. The number of amides is 1. The summed E-state index contributed by atoms with van der Waals surface area (Å²) in [6.45, 7) is 2.65. The Morgan fingerprint density at radius 3 is 3.04 bits per heavy atom. The number of aromatic nitrogens is 1. The van der Waals surface area contributed by atoms with E-state index in [2.05, 4.69) is 30.4 Å². The quantitative estimate of drug-likeness (QED) is 0.667. The minimum Gasteiger partial charge on any atom is -0.487 e. The molecule has 0 aliphatic carbocycles. The Labute approximate surface area is 167 Å². The van der Waals surface area contributed by atoms with E-state index < -0.39 is 0 Å². The molecule has 0 saturated carbocycles. The molecule has 27 heavy (non-hydrogen) atoms. The van der Waals surface area contributed by atoms with Crippen molar-refractivity contribution >= 4 is 39.2 Å². The number of benzene rings is 2. The molecule has 4 nitrogen and oxygen atoms in total. The number of fused-ring (bicyclic) bond motifs is 2. The topological polar surface area (TPSA) is 51.2 Å². The molecule has 1 N–H and O–H groups in total. The molecular weight excluding hydrogens is 376 g/mol. The molecule has 3 aromatic rings. The normalized spacial score (nSPS) is 15.6. The van der Waals surface area contributed by atoms with Crippen LogP contribution in [-0.4, -0.2) is 35.5 Å². The number of nitrogens with one attached hydrogen (secondary N) is 1. The van der Waals surface area contributed by atoms with Crippen molar-refractivity contribution in [2.75, 3.05) is 18.6 Å². The van der Waals surface area contributed by atoms with Crippen molar-refractivity contribution in [3.05, 3.63) is 47.5 Å². The predicted molar refractivity (Wildman–Crippen MR) is 114 cm³/mol. The number of carbonyl (C=O) groups excluding carboxylic acids is 1. The zero-order valence-corrected chi connectivity index (χ0v) is 17.1. The van der Waals surface area contributed by atoms with Gasteiger partial charge in [0.15, 0.2) is 0 Å². The lowest BCUT2D eigenvalue weighted by Crippen LogP contribution is -2.34. The maximum atomic E-state index is 11.9. The molecule has 0 saturated heterocycles. The summed E-state index contributed by atoms with van der Waals surface area (Å²) in [5.41, 5.74) is 4.48. The average molecular weight is 399 g/mol. The molecule has 0 spiro atoms. The van der Waals surface area contributed by atoms with Gasteiger partial charge in [-0.2, -0.15) is 11.8 Å². The first-order chi connectivity index (χ1) is 13.1. The fraction of sp³-hybridized carbons (Fsp3) is 0.333. The van der Waals surface area contributed by atoms with E-state index in [1.165, 1.54) is 15.8 Å². The van der Waals surface area contributed by atoms with Gasteiger partial charge >= 0.3 is 0 Å². The van der Waals surface area contributed by atoms with Crippen LogP contribution >= 0.6 is 23.1 Å². The van der Waals surface area contributed by atoms with E-state index in [-0.39, 0.29) is 12.0 Å². The van der Waals surface area contributed by atoms with Crippen LogP contribution in [-0.2, 0) is 11.2 Å². The molecule has 0 bridgehead atoms. The van der Waals surface area contributed by atoms with Gasteiger partial charge in [-0.25, -0.2) is 4.98 Å². The number of hydrogen-bond donors (Lipinski definition) is 1. The Morgan fingerprint density at radius 1 is 1.37 bits per heavy atom. The number of hydrogen-bond acceptors (Lipinski definition) is 5. The van der Waals surface area contributed by atoms with E-state index in [1.807, 2.05) is 24.5 Å². The molecule has 0 radical (unpaired) electrons. The SMILES string of the molecule is CSCCC(=O)NC[C@H]1Cc2cc(C)cc(-c3nc4ccccc4s3)c2O1. The summed E-state index contributed by atoms with van der Waals surface area (Å²) in [5, 5.41) is 3.99. The molecular formula is C21H22N2O2S2. The predicted octanol–water partition coefficient (Wildman–Crippen LogP) is 4.44. The first kappa shape index (κ1) is 18.3. The zero-order valence-electron chi connectivity index (χ0n) is 15.5. The van der Waals surface area contributed by atoms with Gasteiger partial charge in [-0.15, -0.1) is 11.3 Å². The van der Waals surface area contributed by atoms with Gasteiger partial charge in [-0.05, 0) is 42.5 Å². The van der Waals surface area contributed by atoms with E-state index in [0.29, 0.717) is 13.0 Å². The molecule has 4 rings (SSSR count). The highest BCUT2D eigenvalue weighted by Crippen LogP contribution is 2.42. The summed E-state index contributed by atoms with van der Waals surface area (Å²) in [7, 11) is 0. The number of carbonyl (C=O) groups is 1. The van der Waals surface area contributed by atoms with Crippen molar-refractivity contribution in [3.63, 3.8) is 0 Å². The van der Waals surface area contributed by atoms with E-state index in [0.717, 1.165) is 34.0 Å². The number of thiazole rings is 1. The largest absolute Gasteiger partial charge is 0.487 e. The first-order valence-electron chi connectivity index (χ1n) is 9.06.